The standard InChI is InChI=1S/C14H10ClN5O/c15-11-3-1-2-10(6-11)14(21)19-12-4-5-13(16-7-12)20-8-17-18-9-20/h1-9H,(H,19,21). The van der Waals surface area contributed by atoms with Crippen molar-refractivity contribution in [2.24, 2.45) is 0 Å². The average Bonchev–Trinajstić information content (AvgIpc) is 3.02. The molecule has 21 heavy (non-hydrogen) atoms. The Morgan fingerprint density at radius 2 is 1.95 bits per heavy atom. The molecule has 2 heterocycles. The van der Waals surface area contributed by atoms with Gasteiger partial charge in [-0.25, -0.2) is 4.98 Å². The number of pyridine rings is 1. The summed E-state index contributed by atoms with van der Waals surface area (Å²) in [6.45, 7) is 0. The van der Waals surface area contributed by atoms with Crippen LogP contribution in [0.15, 0.2) is 55.2 Å². The van der Waals surface area contributed by atoms with E-state index in [-0.39, 0.29) is 5.91 Å². The number of nitrogens with one attached hydrogen (secondary N) is 1. The fraction of sp³-hybridized carbons (Fsp3) is 0. The van der Waals surface area contributed by atoms with Gasteiger partial charge in [0.05, 0.1) is 11.9 Å². The second-order valence-electron chi connectivity index (χ2n) is 4.24. The van der Waals surface area contributed by atoms with Crippen LogP contribution in [0, 0.1) is 0 Å². The van der Waals surface area contributed by atoms with Crippen molar-refractivity contribution in [3.8, 4) is 5.82 Å². The van der Waals surface area contributed by atoms with Crippen molar-refractivity contribution in [3.05, 3.63) is 65.8 Å². The molecule has 0 saturated carbocycles. The van der Waals surface area contributed by atoms with E-state index in [9.17, 15) is 4.79 Å². The highest BCUT2D eigenvalue weighted by atomic mass is 35.5. The Bertz CT molecular complexity index is 755. The van der Waals surface area contributed by atoms with E-state index in [0.717, 1.165) is 0 Å². The summed E-state index contributed by atoms with van der Waals surface area (Å²) in [5.41, 5.74) is 1.09. The molecule has 0 fully saturated rings. The number of aromatic nitrogens is 4. The van der Waals surface area contributed by atoms with Crippen molar-refractivity contribution in [3.63, 3.8) is 0 Å². The van der Waals surface area contributed by atoms with Crippen LogP contribution in [0.25, 0.3) is 5.82 Å². The summed E-state index contributed by atoms with van der Waals surface area (Å²) in [6.07, 6.45) is 4.66. The summed E-state index contributed by atoms with van der Waals surface area (Å²) >= 11 is 5.86. The van der Waals surface area contributed by atoms with Gasteiger partial charge in [-0.2, -0.15) is 0 Å². The normalized spacial score (nSPS) is 10.3. The van der Waals surface area contributed by atoms with Gasteiger partial charge >= 0.3 is 0 Å². The van der Waals surface area contributed by atoms with Gasteiger partial charge in [-0.3, -0.25) is 9.36 Å². The van der Waals surface area contributed by atoms with Gasteiger partial charge in [0.2, 0.25) is 0 Å². The number of carbonyl (C=O) groups excluding carboxylic acids is 1. The molecule has 0 bridgehead atoms. The number of hydrogen-bond donors (Lipinski definition) is 1. The predicted octanol–water partition coefficient (Wildman–Crippen LogP) is 2.57. The molecule has 0 aliphatic carbocycles. The molecule has 0 atom stereocenters. The Labute approximate surface area is 125 Å². The van der Waals surface area contributed by atoms with Crippen LogP contribution < -0.4 is 5.32 Å². The zero-order valence-electron chi connectivity index (χ0n) is 10.8. The van der Waals surface area contributed by atoms with Crippen LogP contribution in [-0.2, 0) is 0 Å². The molecule has 0 unspecified atom stereocenters. The smallest absolute Gasteiger partial charge is 0.255 e. The Hall–Kier alpha value is -2.73. The largest absolute Gasteiger partial charge is 0.321 e. The SMILES string of the molecule is O=C(Nc1ccc(-n2cnnc2)nc1)c1cccc(Cl)c1. The van der Waals surface area contributed by atoms with E-state index >= 15 is 0 Å². The first-order chi connectivity index (χ1) is 10.2. The van der Waals surface area contributed by atoms with E-state index in [1.165, 1.54) is 0 Å². The Morgan fingerprint density at radius 3 is 2.62 bits per heavy atom. The van der Waals surface area contributed by atoms with Crippen LogP contribution >= 0.6 is 11.6 Å². The van der Waals surface area contributed by atoms with Gasteiger partial charge in [0, 0.05) is 10.6 Å². The second kappa shape index (κ2) is 5.72. The summed E-state index contributed by atoms with van der Waals surface area (Å²) in [5, 5.41) is 10.7. The van der Waals surface area contributed by atoms with Crippen LogP contribution in [-0.4, -0.2) is 25.7 Å². The minimum Gasteiger partial charge on any atom is -0.321 e. The molecule has 3 aromatic rings. The summed E-state index contributed by atoms with van der Waals surface area (Å²) in [4.78, 5) is 16.3. The predicted molar refractivity (Wildman–Crippen MR) is 78.6 cm³/mol. The molecule has 1 aromatic carbocycles. The lowest BCUT2D eigenvalue weighted by molar-refractivity contribution is 0.102. The fourth-order valence-corrected chi connectivity index (χ4v) is 1.96. The highest BCUT2D eigenvalue weighted by Crippen LogP contribution is 2.14. The molecule has 0 saturated heterocycles. The lowest BCUT2D eigenvalue weighted by Crippen LogP contribution is -2.12. The highest BCUT2D eigenvalue weighted by Gasteiger charge is 2.07. The molecular formula is C14H10ClN5O. The van der Waals surface area contributed by atoms with E-state index in [4.69, 9.17) is 11.6 Å². The number of carbonyl (C=O) groups is 1. The Kier molecular flexibility index (Phi) is 3.61. The van der Waals surface area contributed by atoms with Crippen LogP contribution in [0.1, 0.15) is 10.4 Å². The van der Waals surface area contributed by atoms with E-state index in [1.807, 2.05) is 0 Å². The first-order valence-electron chi connectivity index (χ1n) is 6.10. The summed E-state index contributed by atoms with van der Waals surface area (Å²) in [5.74, 6) is 0.428. The van der Waals surface area contributed by atoms with Gasteiger partial charge in [-0.05, 0) is 30.3 Å². The van der Waals surface area contributed by atoms with Gasteiger partial charge in [0.1, 0.15) is 18.5 Å². The number of anilines is 1. The molecular weight excluding hydrogens is 290 g/mol. The van der Waals surface area contributed by atoms with Crippen LogP contribution in [0.3, 0.4) is 0 Å². The summed E-state index contributed by atoms with van der Waals surface area (Å²) in [7, 11) is 0. The fourth-order valence-electron chi connectivity index (χ4n) is 1.76. The van der Waals surface area contributed by atoms with Crippen molar-refractivity contribution < 1.29 is 4.79 Å². The van der Waals surface area contributed by atoms with Crippen LogP contribution in [0.2, 0.25) is 5.02 Å². The van der Waals surface area contributed by atoms with Crippen molar-refractivity contribution in [1.82, 2.24) is 19.7 Å². The minimum atomic E-state index is -0.239. The van der Waals surface area contributed by atoms with Crippen molar-refractivity contribution in [2.45, 2.75) is 0 Å². The topological polar surface area (TPSA) is 72.7 Å². The first kappa shape index (κ1) is 13.3. The third kappa shape index (κ3) is 3.06. The lowest BCUT2D eigenvalue weighted by atomic mass is 10.2. The monoisotopic (exact) mass is 299 g/mol. The summed E-state index contributed by atoms with van der Waals surface area (Å²) < 4.78 is 1.67. The first-order valence-corrected chi connectivity index (χ1v) is 6.48. The molecule has 1 amide bonds. The van der Waals surface area contributed by atoms with Crippen LogP contribution in [0.5, 0.6) is 0 Å². The molecule has 0 spiro atoms. The van der Waals surface area contributed by atoms with Crippen molar-refractivity contribution in [2.75, 3.05) is 5.32 Å². The third-order valence-corrected chi connectivity index (χ3v) is 3.01. The minimum absolute atomic E-state index is 0.239. The molecule has 0 aliphatic heterocycles. The molecule has 104 valence electrons. The maximum Gasteiger partial charge on any atom is 0.255 e. The molecule has 1 N–H and O–H groups in total. The molecule has 0 radical (unpaired) electrons. The van der Waals surface area contributed by atoms with Gasteiger partial charge < -0.3 is 5.32 Å². The zero-order chi connectivity index (χ0) is 14.7. The van der Waals surface area contributed by atoms with Crippen LogP contribution in [0.4, 0.5) is 5.69 Å². The van der Waals surface area contributed by atoms with Gasteiger partial charge in [-0.1, -0.05) is 17.7 Å². The van der Waals surface area contributed by atoms with Gasteiger partial charge in [-0.15, -0.1) is 10.2 Å². The van der Waals surface area contributed by atoms with Crippen molar-refractivity contribution >= 4 is 23.2 Å². The zero-order valence-corrected chi connectivity index (χ0v) is 11.5. The van der Waals surface area contributed by atoms with Gasteiger partial charge in [0.15, 0.2) is 0 Å². The van der Waals surface area contributed by atoms with E-state index in [1.54, 1.807) is 59.8 Å². The molecule has 2 aromatic heterocycles. The van der Waals surface area contributed by atoms with E-state index < -0.39 is 0 Å². The van der Waals surface area contributed by atoms with E-state index in [0.29, 0.717) is 22.1 Å². The molecule has 0 aliphatic rings. The average molecular weight is 300 g/mol. The molecule has 3 rings (SSSR count). The number of amides is 1. The summed E-state index contributed by atoms with van der Waals surface area (Å²) in [6, 6.07) is 10.3. The quantitative estimate of drug-likeness (QED) is 0.806. The highest BCUT2D eigenvalue weighted by molar-refractivity contribution is 6.31. The number of benzene rings is 1. The Morgan fingerprint density at radius 1 is 1.14 bits per heavy atom. The second-order valence-corrected chi connectivity index (χ2v) is 4.68. The third-order valence-electron chi connectivity index (χ3n) is 2.78. The number of nitrogens with zero attached hydrogens (tertiary/aromatic N) is 4. The van der Waals surface area contributed by atoms with Gasteiger partial charge in [0.25, 0.3) is 5.91 Å². The van der Waals surface area contributed by atoms with E-state index in [2.05, 4.69) is 20.5 Å². The lowest BCUT2D eigenvalue weighted by Gasteiger charge is -2.06. The van der Waals surface area contributed by atoms with Crippen molar-refractivity contribution in [1.29, 1.82) is 0 Å². The Balaban J connectivity index is 1.75. The number of hydrogen-bond acceptors (Lipinski definition) is 4. The maximum absolute atomic E-state index is 12.1. The number of halogens is 1. The number of rotatable bonds is 3. The molecule has 6 nitrogen and oxygen atoms in total. The maximum atomic E-state index is 12.1. The molecule has 7 heteroatoms.